The highest BCUT2D eigenvalue weighted by Gasteiger charge is 2.48. The van der Waals surface area contributed by atoms with Crippen molar-refractivity contribution in [1.29, 1.82) is 0 Å². The Balaban J connectivity index is 2.44. The SMILES string of the molecule is CC/C=C\C/C=C\C/C=C\C/C=C\C/C=C\C/C=C\CCCCCOCC(COC1OC(CO)C(O)C(OS(=O)(=O)O)C1O)OC(=O)CCCCCCC/C=C\CCCCCC. The van der Waals surface area contributed by atoms with Gasteiger partial charge in [0.05, 0.1) is 19.8 Å². The van der Waals surface area contributed by atoms with Crippen molar-refractivity contribution in [2.45, 2.75) is 192 Å². The van der Waals surface area contributed by atoms with Gasteiger partial charge in [0, 0.05) is 13.0 Å². The molecule has 0 aromatic carbocycles. The Morgan fingerprint density at radius 1 is 0.629 bits per heavy atom. The quantitative estimate of drug-likeness (QED) is 0.0199. The van der Waals surface area contributed by atoms with E-state index in [9.17, 15) is 28.5 Å². The molecule has 1 fully saturated rings. The molecule has 356 valence electrons. The molecule has 62 heavy (non-hydrogen) atoms. The fourth-order valence-electron chi connectivity index (χ4n) is 6.49. The summed E-state index contributed by atoms with van der Waals surface area (Å²) in [6.07, 6.45) is 43.3. The van der Waals surface area contributed by atoms with Crippen molar-refractivity contribution in [2.75, 3.05) is 26.4 Å². The minimum absolute atomic E-state index is 0.00479. The molecule has 1 heterocycles. The van der Waals surface area contributed by atoms with Gasteiger partial charge < -0.3 is 34.3 Å². The Bertz CT molecular complexity index is 1400. The average molecular weight is 895 g/mol. The Morgan fingerprint density at radius 2 is 1.11 bits per heavy atom. The number of aliphatic hydroxyl groups excluding tert-OH is 3. The van der Waals surface area contributed by atoms with Crippen molar-refractivity contribution in [3.63, 3.8) is 0 Å². The predicted octanol–water partition coefficient (Wildman–Crippen LogP) is 10.1. The van der Waals surface area contributed by atoms with Gasteiger partial charge >= 0.3 is 16.4 Å². The minimum Gasteiger partial charge on any atom is -0.457 e. The Hall–Kier alpha value is -2.72. The molecule has 0 saturated carbocycles. The zero-order chi connectivity index (χ0) is 45.4. The van der Waals surface area contributed by atoms with Gasteiger partial charge in [0.15, 0.2) is 6.29 Å². The molecule has 0 bridgehead atoms. The Labute approximate surface area is 374 Å². The van der Waals surface area contributed by atoms with E-state index in [1.807, 2.05) is 0 Å². The predicted molar refractivity (Wildman–Crippen MR) is 248 cm³/mol. The number of esters is 1. The fraction of sp³-hybridized carbons (Fsp3) is 0.694. The van der Waals surface area contributed by atoms with E-state index >= 15 is 0 Å². The van der Waals surface area contributed by atoms with Crippen LogP contribution < -0.4 is 0 Å². The summed E-state index contributed by atoms with van der Waals surface area (Å²) in [6.45, 7) is 3.74. The van der Waals surface area contributed by atoms with Crippen molar-refractivity contribution >= 4 is 16.4 Å². The highest BCUT2D eigenvalue weighted by atomic mass is 32.3. The van der Waals surface area contributed by atoms with Crippen molar-refractivity contribution in [3.05, 3.63) is 85.1 Å². The molecule has 0 spiro atoms. The number of hydrogen-bond donors (Lipinski definition) is 4. The molecule has 1 saturated heterocycles. The second-order valence-corrected chi connectivity index (χ2v) is 16.7. The van der Waals surface area contributed by atoms with Crippen LogP contribution >= 0.6 is 0 Å². The van der Waals surface area contributed by atoms with E-state index in [1.54, 1.807) is 0 Å². The molecule has 1 aliphatic heterocycles. The lowest BCUT2D eigenvalue weighted by Gasteiger charge is -2.41. The molecule has 0 radical (unpaired) electrons. The number of rotatable bonds is 39. The normalized spacial score (nSPS) is 20.8. The van der Waals surface area contributed by atoms with Gasteiger partial charge in [0.25, 0.3) is 0 Å². The van der Waals surface area contributed by atoms with Crippen LogP contribution in [-0.4, -0.2) is 97.5 Å². The van der Waals surface area contributed by atoms with Crippen LogP contribution in [0.2, 0.25) is 0 Å². The average Bonchev–Trinajstić information content (AvgIpc) is 3.24. The van der Waals surface area contributed by atoms with Crippen LogP contribution in [0.25, 0.3) is 0 Å². The first kappa shape index (κ1) is 57.3. The van der Waals surface area contributed by atoms with Crippen LogP contribution in [0.1, 0.15) is 155 Å². The minimum atomic E-state index is -5.07. The van der Waals surface area contributed by atoms with Crippen molar-refractivity contribution in [3.8, 4) is 0 Å². The molecule has 6 unspecified atom stereocenters. The third kappa shape index (κ3) is 32.9. The second kappa shape index (κ2) is 39.8. The molecule has 0 aromatic rings. The van der Waals surface area contributed by atoms with Crippen LogP contribution in [0.15, 0.2) is 85.1 Å². The first-order valence-electron chi connectivity index (χ1n) is 23.3. The van der Waals surface area contributed by atoms with Gasteiger partial charge in [0.2, 0.25) is 0 Å². The van der Waals surface area contributed by atoms with Gasteiger partial charge in [-0.3, -0.25) is 9.35 Å². The summed E-state index contributed by atoms with van der Waals surface area (Å²) in [7, 11) is -5.07. The Kier molecular flexibility index (Phi) is 36.8. The molecule has 1 rings (SSSR count). The van der Waals surface area contributed by atoms with E-state index in [2.05, 4.69) is 103 Å². The molecule has 0 aliphatic carbocycles. The van der Waals surface area contributed by atoms with Crippen molar-refractivity contribution < 1.29 is 56.2 Å². The molecule has 1 aliphatic rings. The number of ether oxygens (including phenoxy) is 4. The largest absolute Gasteiger partial charge is 0.457 e. The van der Waals surface area contributed by atoms with E-state index < -0.39 is 59.8 Å². The summed E-state index contributed by atoms with van der Waals surface area (Å²) in [6, 6.07) is 0. The highest BCUT2D eigenvalue weighted by Crippen LogP contribution is 2.26. The van der Waals surface area contributed by atoms with Crippen molar-refractivity contribution in [2.24, 2.45) is 0 Å². The lowest BCUT2D eigenvalue weighted by atomic mass is 9.99. The van der Waals surface area contributed by atoms with Gasteiger partial charge in [-0.2, -0.15) is 8.42 Å². The Morgan fingerprint density at radius 3 is 1.65 bits per heavy atom. The maximum absolute atomic E-state index is 12.8. The number of carbonyl (C=O) groups is 1. The van der Waals surface area contributed by atoms with Crippen molar-refractivity contribution in [1.82, 2.24) is 0 Å². The second-order valence-electron chi connectivity index (χ2n) is 15.6. The van der Waals surface area contributed by atoms with Crippen LogP contribution in [-0.2, 0) is 38.3 Å². The van der Waals surface area contributed by atoms with Gasteiger partial charge in [0.1, 0.15) is 30.5 Å². The number of aliphatic hydroxyl groups is 3. The monoisotopic (exact) mass is 895 g/mol. The molecule has 0 amide bonds. The summed E-state index contributed by atoms with van der Waals surface area (Å²) in [5.41, 5.74) is 0. The van der Waals surface area contributed by atoms with E-state index in [0.29, 0.717) is 13.0 Å². The lowest BCUT2D eigenvalue weighted by molar-refractivity contribution is -0.301. The molecule has 13 heteroatoms. The molecule has 12 nitrogen and oxygen atoms in total. The maximum Gasteiger partial charge on any atom is 0.397 e. The molecule has 4 N–H and O–H groups in total. The number of unbranched alkanes of at least 4 members (excludes halogenated alkanes) is 12. The first-order chi connectivity index (χ1) is 30.1. The van der Waals surface area contributed by atoms with Crippen LogP contribution in [0, 0.1) is 0 Å². The number of hydrogen-bond acceptors (Lipinski definition) is 11. The first-order valence-corrected chi connectivity index (χ1v) is 24.7. The summed E-state index contributed by atoms with van der Waals surface area (Å²) in [5.74, 6) is -0.425. The molecular formula is C49H82O12S. The summed E-state index contributed by atoms with van der Waals surface area (Å²) in [5, 5.41) is 30.7. The van der Waals surface area contributed by atoms with E-state index in [4.69, 9.17) is 23.5 Å². The van der Waals surface area contributed by atoms with E-state index in [0.717, 1.165) is 103 Å². The van der Waals surface area contributed by atoms with E-state index in [-0.39, 0.29) is 19.6 Å². The standard InChI is InChI=1S/C49H82O12S/c1-3-5-7-9-11-13-15-17-18-19-20-21-22-23-24-25-27-29-31-33-35-37-39-57-41-43(42-58-49-47(53)48(61-62(54,55)56)46(52)44(40-50)60-49)59-45(51)38-36-34-32-30-28-26-16-14-12-10-8-6-4-2/h5,7,11,13-14,16-18,20-21,23-24,27,29,43-44,46-50,52-53H,3-4,6,8-10,12,15,19,22,25-26,28,30-42H2,1-2H3,(H,54,55,56)/b7-5-,13-11-,16-14-,18-17-,21-20-,24-23-,29-27-. The summed E-state index contributed by atoms with van der Waals surface area (Å²) >= 11 is 0. The van der Waals surface area contributed by atoms with Crippen LogP contribution in [0.3, 0.4) is 0 Å². The van der Waals surface area contributed by atoms with Crippen LogP contribution in [0.4, 0.5) is 0 Å². The highest BCUT2D eigenvalue weighted by molar-refractivity contribution is 7.80. The summed E-state index contributed by atoms with van der Waals surface area (Å²) < 4.78 is 59.0. The zero-order valence-corrected chi connectivity index (χ0v) is 38.7. The lowest BCUT2D eigenvalue weighted by Crippen LogP contribution is -2.60. The number of allylic oxidation sites excluding steroid dienone is 14. The van der Waals surface area contributed by atoms with Gasteiger partial charge in [-0.1, -0.05) is 144 Å². The fourth-order valence-corrected chi connectivity index (χ4v) is 7.00. The molecular weight excluding hydrogens is 813 g/mol. The van der Waals surface area contributed by atoms with Gasteiger partial charge in [-0.05, 0) is 89.9 Å². The maximum atomic E-state index is 12.8. The van der Waals surface area contributed by atoms with Gasteiger partial charge in [-0.25, -0.2) is 4.18 Å². The molecule has 6 atom stereocenters. The third-order valence-electron chi connectivity index (χ3n) is 10.0. The summed E-state index contributed by atoms with van der Waals surface area (Å²) in [4.78, 5) is 12.8. The smallest absolute Gasteiger partial charge is 0.397 e. The third-order valence-corrected chi connectivity index (χ3v) is 10.5. The van der Waals surface area contributed by atoms with Crippen LogP contribution in [0.5, 0.6) is 0 Å². The number of carbonyl (C=O) groups excluding carboxylic acids is 1. The molecule has 0 aromatic heterocycles. The zero-order valence-electron chi connectivity index (χ0n) is 37.9. The van der Waals surface area contributed by atoms with E-state index in [1.165, 1.54) is 25.7 Å². The van der Waals surface area contributed by atoms with Gasteiger partial charge in [-0.15, -0.1) is 0 Å². The topological polar surface area (TPSA) is 178 Å².